The third-order valence-corrected chi connectivity index (χ3v) is 3.61. The van der Waals surface area contributed by atoms with Crippen LogP contribution < -0.4 is 0 Å². The maximum atomic E-state index is 13.5. The number of aromatic hydroxyl groups is 1. The van der Waals surface area contributed by atoms with Gasteiger partial charge in [0.15, 0.2) is 11.5 Å². The van der Waals surface area contributed by atoms with Crippen molar-refractivity contribution in [3.05, 3.63) is 59.3 Å². The van der Waals surface area contributed by atoms with Crippen molar-refractivity contribution in [2.24, 2.45) is 0 Å². The third-order valence-electron chi connectivity index (χ3n) is 3.61. The summed E-state index contributed by atoms with van der Waals surface area (Å²) >= 11 is 0. The van der Waals surface area contributed by atoms with Gasteiger partial charge in [0.25, 0.3) is 5.89 Å². The first-order chi connectivity index (χ1) is 11.6. The number of fused-ring (bicyclic) bond motifs is 1. The Morgan fingerprint density at radius 3 is 2.88 bits per heavy atom. The second kappa shape index (κ2) is 5.41. The van der Waals surface area contributed by atoms with Crippen LogP contribution in [-0.2, 0) is 6.42 Å². The number of rotatable bonds is 3. The Morgan fingerprint density at radius 2 is 2.12 bits per heavy atom. The van der Waals surface area contributed by atoms with E-state index in [2.05, 4.69) is 20.2 Å². The van der Waals surface area contributed by atoms with E-state index in [1.807, 2.05) is 0 Å². The second-order valence-electron chi connectivity index (χ2n) is 5.32. The first kappa shape index (κ1) is 14.3. The lowest BCUT2D eigenvalue weighted by Gasteiger charge is -2.10. The molecule has 1 aromatic carbocycles. The molecule has 0 atom stereocenters. The number of halogens is 1. The van der Waals surface area contributed by atoms with Crippen LogP contribution in [0.25, 0.3) is 17.2 Å². The lowest BCUT2D eigenvalue weighted by Crippen LogP contribution is -2.03. The Labute approximate surface area is 135 Å². The fourth-order valence-electron chi connectivity index (χ4n) is 2.54. The lowest BCUT2D eigenvalue weighted by molar-refractivity contribution is 0.417. The predicted octanol–water partition coefficient (Wildman–Crippen LogP) is 2.52. The summed E-state index contributed by atoms with van der Waals surface area (Å²) in [6.45, 7) is 1.69. The molecule has 7 nitrogen and oxygen atoms in total. The van der Waals surface area contributed by atoms with Crippen LogP contribution in [0.4, 0.5) is 4.39 Å². The average Bonchev–Trinajstić information content (AvgIpc) is 3.19. The van der Waals surface area contributed by atoms with Gasteiger partial charge in [-0.3, -0.25) is 0 Å². The van der Waals surface area contributed by atoms with Crippen molar-refractivity contribution in [3.63, 3.8) is 0 Å². The molecule has 0 amide bonds. The first-order valence-corrected chi connectivity index (χ1v) is 7.22. The molecule has 4 aromatic rings. The Kier molecular flexibility index (Phi) is 3.23. The van der Waals surface area contributed by atoms with E-state index in [4.69, 9.17) is 4.52 Å². The fourth-order valence-corrected chi connectivity index (χ4v) is 2.54. The zero-order valence-electron chi connectivity index (χ0n) is 12.6. The highest BCUT2D eigenvalue weighted by molar-refractivity contribution is 5.62. The van der Waals surface area contributed by atoms with Crippen molar-refractivity contribution in [1.82, 2.24) is 24.7 Å². The molecule has 1 N–H and O–H groups in total. The maximum Gasteiger partial charge on any atom is 0.277 e. The van der Waals surface area contributed by atoms with Crippen molar-refractivity contribution in [1.29, 1.82) is 0 Å². The van der Waals surface area contributed by atoms with Gasteiger partial charge in [0.2, 0.25) is 5.88 Å². The Balaban J connectivity index is 1.92. The summed E-state index contributed by atoms with van der Waals surface area (Å²) in [5.41, 5.74) is 1.91. The minimum atomic E-state index is -0.352. The van der Waals surface area contributed by atoms with Crippen LogP contribution in [0.3, 0.4) is 0 Å². The smallest absolute Gasteiger partial charge is 0.277 e. The van der Waals surface area contributed by atoms with Crippen LogP contribution in [0.1, 0.15) is 17.0 Å². The van der Waals surface area contributed by atoms with Gasteiger partial charge < -0.3 is 9.63 Å². The number of hydrogen-bond acceptors (Lipinski definition) is 6. The maximum absolute atomic E-state index is 13.5. The van der Waals surface area contributed by atoms with E-state index in [0.717, 1.165) is 0 Å². The van der Waals surface area contributed by atoms with E-state index in [9.17, 15) is 9.50 Å². The largest absolute Gasteiger partial charge is 0.493 e. The van der Waals surface area contributed by atoms with Gasteiger partial charge in [0, 0.05) is 18.1 Å². The fraction of sp³-hybridized carbons (Fsp3) is 0.125. The number of nitrogens with zero attached hydrogens (tertiary/aromatic N) is 5. The van der Waals surface area contributed by atoms with Crippen molar-refractivity contribution >= 4 is 5.65 Å². The minimum Gasteiger partial charge on any atom is -0.493 e. The average molecular weight is 325 g/mol. The Bertz CT molecular complexity index is 1040. The summed E-state index contributed by atoms with van der Waals surface area (Å²) < 4.78 is 20.0. The Morgan fingerprint density at radius 1 is 1.25 bits per heavy atom. The molecule has 0 aliphatic carbocycles. The van der Waals surface area contributed by atoms with Crippen LogP contribution in [0.5, 0.6) is 5.88 Å². The molecule has 0 aliphatic rings. The van der Waals surface area contributed by atoms with E-state index < -0.39 is 0 Å². The summed E-state index contributed by atoms with van der Waals surface area (Å²) in [5, 5.41) is 18.4. The topological polar surface area (TPSA) is 89.3 Å². The van der Waals surface area contributed by atoms with Crippen molar-refractivity contribution in [2.45, 2.75) is 13.3 Å². The molecule has 0 saturated carbocycles. The molecule has 0 spiro atoms. The SMILES string of the molecule is Cc1noc(-c2nc3ccnn3c(O)c2Cc2cccc(F)c2)n1. The van der Waals surface area contributed by atoms with Crippen LogP contribution in [0.15, 0.2) is 41.1 Å². The molecule has 0 aliphatic heterocycles. The Hall–Kier alpha value is -3.29. The molecular weight excluding hydrogens is 313 g/mol. The van der Waals surface area contributed by atoms with Gasteiger partial charge in [-0.1, -0.05) is 17.3 Å². The molecule has 0 radical (unpaired) electrons. The zero-order valence-corrected chi connectivity index (χ0v) is 12.6. The van der Waals surface area contributed by atoms with Crippen molar-refractivity contribution in [3.8, 4) is 17.5 Å². The van der Waals surface area contributed by atoms with Gasteiger partial charge in [-0.2, -0.15) is 14.6 Å². The monoisotopic (exact) mass is 325 g/mol. The van der Waals surface area contributed by atoms with E-state index in [-0.39, 0.29) is 24.0 Å². The van der Waals surface area contributed by atoms with Gasteiger partial charge in [-0.15, -0.1) is 0 Å². The molecule has 8 heteroatoms. The number of benzene rings is 1. The van der Waals surface area contributed by atoms with E-state index in [1.54, 1.807) is 25.1 Å². The lowest BCUT2D eigenvalue weighted by atomic mass is 10.0. The molecule has 24 heavy (non-hydrogen) atoms. The summed E-state index contributed by atoms with van der Waals surface area (Å²) in [7, 11) is 0. The molecule has 120 valence electrons. The van der Waals surface area contributed by atoms with Gasteiger partial charge in [0.05, 0.1) is 6.20 Å². The normalized spacial score (nSPS) is 11.2. The molecule has 0 unspecified atom stereocenters. The minimum absolute atomic E-state index is 0.0971. The number of aromatic nitrogens is 5. The van der Waals surface area contributed by atoms with Crippen LogP contribution in [-0.4, -0.2) is 29.8 Å². The van der Waals surface area contributed by atoms with E-state index in [0.29, 0.717) is 28.3 Å². The van der Waals surface area contributed by atoms with Crippen LogP contribution in [0.2, 0.25) is 0 Å². The molecule has 4 rings (SSSR count). The highest BCUT2D eigenvalue weighted by Gasteiger charge is 2.21. The zero-order chi connectivity index (χ0) is 16.7. The highest BCUT2D eigenvalue weighted by Crippen LogP contribution is 2.30. The molecule has 3 heterocycles. The number of hydrogen-bond donors (Lipinski definition) is 1. The molecule has 0 fully saturated rings. The summed E-state index contributed by atoms with van der Waals surface area (Å²) in [4.78, 5) is 8.63. The van der Waals surface area contributed by atoms with Gasteiger partial charge in [-0.05, 0) is 24.6 Å². The molecule has 3 aromatic heterocycles. The van der Waals surface area contributed by atoms with E-state index >= 15 is 0 Å². The summed E-state index contributed by atoms with van der Waals surface area (Å²) in [6.07, 6.45) is 1.76. The highest BCUT2D eigenvalue weighted by atomic mass is 19.1. The van der Waals surface area contributed by atoms with Crippen molar-refractivity contribution in [2.75, 3.05) is 0 Å². The van der Waals surface area contributed by atoms with E-state index in [1.165, 1.54) is 22.8 Å². The predicted molar refractivity (Wildman–Crippen MR) is 81.9 cm³/mol. The van der Waals surface area contributed by atoms with Crippen LogP contribution >= 0.6 is 0 Å². The van der Waals surface area contributed by atoms with Gasteiger partial charge in [-0.25, -0.2) is 9.37 Å². The molecular formula is C16H12FN5O2. The second-order valence-corrected chi connectivity index (χ2v) is 5.32. The quantitative estimate of drug-likeness (QED) is 0.622. The van der Waals surface area contributed by atoms with Gasteiger partial charge in [0.1, 0.15) is 11.5 Å². The summed E-state index contributed by atoms with van der Waals surface area (Å²) in [6, 6.07) is 7.78. The molecule has 0 bridgehead atoms. The van der Waals surface area contributed by atoms with Crippen molar-refractivity contribution < 1.29 is 14.0 Å². The first-order valence-electron chi connectivity index (χ1n) is 7.22. The standard InChI is InChI=1S/C16H12FN5O2/c1-9-19-15(24-21-9)14-12(8-10-3-2-4-11(17)7-10)16(23)22-13(20-14)5-6-18-22/h2-7,23H,8H2,1H3. The number of aryl methyl sites for hydroxylation is 1. The third kappa shape index (κ3) is 2.37. The summed E-state index contributed by atoms with van der Waals surface area (Å²) in [5.74, 6) is 0.199. The molecule has 0 saturated heterocycles. The van der Waals surface area contributed by atoms with Gasteiger partial charge >= 0.3 is 0 Å². The van der Waals surface area contributed by atoms with Crippen LogP contribution in [0, 0.1) is 12.7 Å².